The molecule has 0 spiro atoms. The molecule has 114 valence electrons. The first kappa shape index (κ1) is 26.2. The number of carbonyl (C=O) groups is 1. The average molecular weight is 263 g/mol. The van der Waals surface area contributed by atoms with Gasteiger partial charge in [0.2, 0.25) is 0 Å². The van der Waals surface area contributed by atoms with Gasteiger partial charge >= 0.3 is 0 Å². The fourth-order valence-electron chi connectivity index (χ4n) is 0.989. The second-order valence-corrected chi connectivity index (χ2v) is 4.37. The normalized spacial score (nSPS) is 10.6. The molecule has 0 rings (SSSR count). The minimum absolute atomic E-state index is 0.0939. The van der Waals surface area contributed by atoms with Crippen molar-refractivity contribution in [3.8, 4) is 0 Å². The first-order chi connectivity index (χ1) is 8.33. The molecule has 1 unspecified atom stereocenters. The zero-order chi connectivity index (χ0) is 15.8. The number of nitrogens with two attached hydrogens (primary N) is 1. The van der Waals surface area contributed by atoms with E-state index >= 15 is 0 Å². The predicted octanol–water partition coefficient (Wildman–Crippen LogP) is 3.47. The van der Waals surface area contributed by atoms with Gasteiger partial charge in [0, 0.05) is 0 Å². The maximum Gasteiger partial charge on any atom is 0.146 e. The molecule has 3 nitrogen and oxygen atoms in total. The maximum atomic E-state index is 10.8. The third kappa shape index (κ3) is 29.6. The van der Waals surface area contributed by atoms with E-state index in [-0.39, 0.29) is 11.8 Å². The van der Waals surface area contributed by atoms with E-state index in [1.165, 1.54) is 0 Å². The molecule has 3 heteroatoms. The summed E-state index contributed by atoms with van der Waals surface area (Å²) in [5.74, 6) is 0.0939. The summed E-state index contributed by atoms with van der Waals surface area (Å²) in [6.45, 7) is 14.6. The van der Waals surface area contributed by atoms with Gasteiger partial charge in [-0.15, -0.1) is 0 Å². The molecule has 0 heterocycles. The highest BCUT2D eigenvalue weighted by atomic mass is 16.1. The van der Waals surface area contributed by atoms with Crippen LogP contribution in [0.5, 0.6) is 0 Å². The highest BCUT2D eigenvalue weighted by Crippen LogP contribution is 2.00. The van der Waals surface area contributed by atoms with Crippen LogP contribution in [-0.4, -0.2) is 44.0 Å². The van der Waals surface area contributed by atoms with Gasteiger partial charge in [-0.1, -0.05) is 41.5 Å². The van der Waals surface area contributed by atoms with E-state index in [0.29, 0.717) is 0 Å². The van der Waals surface area contributed by atoms with E-state index in [9.17, 15) is 4.79 Å². The van der Waals surface area contributed by atoms with Crippen molar-refractivity contribution in [3.63, 3.8) is 0 Å². The maximum absolute atomic E-state index is 10.8. The fourth-order valence-corrected chi connectivity index (χ4v) is 0.989. The van der Waals surface area contributed by atoms with E-state index in [4.69, 9.17) is 5.73 Å². The highest BCUT2D eigenvalue weighted by molar-refractivity contribution is 5.80. The van der Waals surface area contributed by atoms with Crippen molar-refractivity contribution in [2.75, 3.05) is 27.7 Å². The van der Waals surface area contributed by atoms with Gasteiger partial charge in [0.25, 0.3) is 0 Å². The molecule has 0 saturated carbocycles. The van der Waals surface area contributed by atoms with Crippen LogP contribution in [0.3, 0.4) is 0 Å². The van der Waals surface area contributed by atoms with Crippen LogP contribution in [0, 0.1) is 0 Å². The Bertz CT molecular complexity index is 151. The Morgan fingerprint density at radius 2 is 1.33 bits per heavy atom. The minimum Gasteiger partial charge on any atom is -0.331 e. The monoisotopic (exact) mass is 263 g/mol. The summed E-state index contributed by atoms with van der Waals surface area (Å²) < 4.78 is 0.935. The van der Waals surface area contributed by atoms with Crippen LogP contribution in [0.1, 0.15) is 61.3 Å². The van der Waals surface area contributed by atoms with Crippen LogP contribution in [0.2, 0.25) is 0 Å². The lowest BCUT2D eigenvalue weighted by atomic mass is 10.1. The lowest BCUT2D eigenvalue weighted by Crippen LogP contribution is -2.37. The summed E-state index contributed by atoms with van der Waals surface area (Å²) in [5.41, 5.74) is 5.59. The van der Waals surface area contributed by atoms with Gasteiger partial charge in [-0.05, 0) is 19.8 Å². The van der Waals surface area contributed by atoms with Gasteiger partial charge in [-0.25, -0.2) is 0 Å². The molecule has 0 aliphatic rings. The molecule has 2 N–H and O–H groups in total. The molecule has 0 bridgehead atoms. The fraction of sp³-hybridized carbons (Fsp3) is 0.933. The van der Waals surface area contributed by atoms with E-state index in [1.54, 1.807) is 6.92 Å². The topological polar surface area (TPSA) is 43.1 Å². The molecule has 0 aromatic carbocycles. The van der Waals surface area contributed by atoms with E-state index in [1.807, 2.05) is 41.5 Å². The van der Waals surface area contributed by atoms with Crippen molar-refractivity contribution in [2.24, 2.45) is 5.73 Å². The lowest BCUT2D eigenvalue weighted by molar-refractivity contribution is -0.870. The summed E-state index contributed by atoms with van der Waals surface area (Å²) in [4.78, 5) is 10.8. The third-order valence-electron chi connectivity index (χ3n) is 1.87. The van der Waals surface area contributed by atoms with Crippen LogP contribution in [0.15, 0.2) is 0 Å². The number of rotatable bonds is 5. The number of hydrogen-bond donors (Lipinski definition) is 1. The number of quaternary nitrogens is 1. The second-order valence-electron chi connectivity index (χ2n) is 4.37. The summed E-state index contributed by atoms with van der Waals surface area (Å²) in [6, 6.07) is -0.253. The lowest BCUT2D eigenvalue weighted by Gasteiger charge is -2.24. The Morgan fingerprint density at radius 1 is 1.00 bits per heavy atom. The highest BCUT2D eigenvalue weighted by Gasteiger charge is 2.11. The third-order valence-corrected chi connectivity index (χ3v) is 1.87. The molecular formula is C15H39N2O+. The molecule has 0 aliphatic carbocycles. The van der Waals surface area contributed by atoms with Crippen LogP contribution in [-0.2, 0) is 4.79 Å². The Kier molecular flexibility index (Phi) is 27.6. The summed E-state index contributed by atoms with van der Waals surface area (Å²) in [6.07, 6.45) is 1.83. The molecule has 18 heavy (non-hydrogen) atoms. The van der Waals surface area contributed by atoms with Gasteiger partial charge in [0.05, 0.1) is 33.7 Å². The van der Waals surface area contributed by atoms with Gasteiger partial charge < -0.3 is 10.2 Å². The molecule has 1 atom stereocenters. The van der Waals surface area contributed by atoms with Gasteiger partial charge in [0.1, 0.15) is 5.78 Å². The molecule has 0 aromatic heterocycles. The number of ketones is 1. The second kappa shape index (κ2) is 18.9. The quantitative estimate of drug-likeness (QED) is 0.772. The van der Waals surface area contributed by atoms with Crippen LogP contribution in [0.25, 0.3) is 0 Å². The predicted molar refractivity (Wildman–Crippen MR) is 84.8 cm³/mol. The Labute approximate surface area is 116 Å². The van der Waals surface area contributed by atoms with Gasteiger partial charge in [-0.2, -0.15) is 0 Å². The molecule has 0 fully saturated rings. The molecule has 0 saturated heterocycles. The van der Waals surface area contributed by atoms with Gasteiger partial charge in [-0.3, -0.25) is 4.79 Å². The number of hydrogen-bond acceptors (Lipinski definition) is 2. The molecular weight excluding hydrogens is 224 g/mol. The average Bonchev–Trinajstić information content (AvgIpc) is 2.35. The summed E-state index contributed by atoms with van der Waals surface area (Å²) in [5, 5.41) is 0. The van der Waals surface area contributed by atoms with E-state index < -0.39 is 0 Å². The van der Waals surface area contributed by atoms with Crippen molar-refractivity contribution in [2.45, 2.75) is 67.3 Å². The zero-order valence-corrected chi connectivity index (χ0v) is 14.6. The van der Waals surface area contributed by atoms with Crippen molar-refractivity contribution in [1.29, 1.82) is 0 Å². The van der Waals surface area contributed by atoms with Crippen molar-refractivity contribution in [3.05, 3.63) is 0 Å². The van der Waals surface area contributed by atoms with Crippen LogP contribution < -0.4 is 5.73 Å². The smallest absolute Gasteiger partial charge is 0.146 e. The van der Waals surface area contributed by atoms with E-state index in [2.05, 4.69) is 21.1 Å². The van der Waals surface area contributed by atoms with E-state index in [0.717, 1.165) is 23.9 Å². The van der Waals surface area contributed by atoms with Crippen LogP contribution in [0.4, 0.5) is 0 Å². The Hall–Kier alpha value is -0.410. The number of carbonyl (C=O) groups excluding carboxylic acids is 1. The molecule has 0 aromatic rings. The van der Waals surface area contributed by atoms with Crippen molar-refractivity contribution >= 4 is 5.78 Å². The Morgan fingerprint density at radius 3 is 1.56 bits per heavy atom. The summed E-state index contributed by atoms with van der Waals surface area (Å²) >= 11 is 0. The first-order valence-corrected chi connectivity index (χ1v) is 7.39. The van der Waals surface area contributed by atoms with Crippen molar-refractivity contribution < 1.29 is 9.28 Å². The zero-order valence-electron chi connectivity index (χ0n) is 14.6. The molecule has 0 aliphatic heterocycles. The largest absolute Gasteiger partial charge is 0.331 e. The van der Waals surface area contributed by atoms with Crippen molar-refractivity contribution in [1.82, 2.24) is 0 Å². The molecule has 0 amide bonds. The first-order valence-electron chi connectivity index (χ1n) is 7.39. The minimum atomic E-state index is -0.253. The SMILES string of the molecule is CC.CC.CC.CC(=O)C(N)CCC[N+](C)(C)C. The summed E-state index contributed by atoms with van der Waals surface area (Å²) in [7, 11) is 6.41. The number of nitrogens with zero attached hydrogens (tertiary/aromatic N) is 1. The van der Waals surface area contributed by atoms with Gasteiger partial charge in [0.15, 0.2) is 0 Å². The van der Waals surface area contributed by atoms with Crippen LogP contribution >= 0.6 is 0 Å². The standard InChI is InChI=1S/C9H21N2O.3C2H6/c1-8(12)9(10)6-5-7-11(2,3)4;3*1-2/h9H,5-7,10H2,1-4H3;3*1-2H3/q+1;;;. The Balaban J connectivity index is -0.000000141. The molecule has 0 radical (unpaired) electrons. The number of Topliss-reactive ketones (excluding diaryl/α,β-unsaturated/α-hetero) is 1.